The minimum Gasteiger partial charge on any atom is -0.168 e. The van der Waals surface area contributed by atoms with Crippen molar-refractivity contribution in [3.8, 4) is 0 Å². The van der Waals surface area contributed by atoms with E-state index in [1.807, 2.05) is 0 Å². The van der Waals surface area contributed by atoms with E-state index in [-0.39, 0.29) is 39.7 Å². The monoisotopic (exact) mass is 472 g/mol. The van der Waals surface area contributed by atoms with Gasteiger partial charge in [0.2, 0.25) is 0 Å². The van der Waals surface area contributed by atoms with Crippen molar-refractivity contribution in [1.82, 2.24) is 0 Å². The van der Waals surface area contributed by atoms with Gasteiger partial charge in [-0.1, -0.05) is 25.7 Å². The van der Waals surface area contributed by atoms with Gasteiger partial charge in [-0.25, -0.2) is 11.3 Å². The molecule has 0 heterocycles. The van der Waals surface area contributed by atoms with Crippen molar-refractivity contribution in [2.75, 3.05) is 0 Å². The molecular weight excluding hydrogens is 447 g/mol. The first-order chi connectivity index (χ1) is 9.57. The summed E-state index contributed by atoms with van der Waals surface area (Å²) in [6.45, 7) is 10.2. The molecule has 0 unspecified atom stereocenters. The predicted molar refractivity (Wildman–Crippen MR) is 116 cm³/mol. The Morgan fingerprint density at radius 3 is 2.04 bits per heavy atom. The van der Waals surface area contributed by atoms with Gasteiger partial charge in [0, 0.05) is 0 Å². The first-order valence-corrected chi connectivity index (χ1v) is 14.4. The van der Waals surface area contributed by atoms with Crippen molar-refractivity contribution in [1.29, 1.82) is 0 Å². The minimum atomic E-state index is -0.981. The molecule has 134 valence electrons. The molecular formula is C19H28Cl2Si2Zr-4. The normalized spacial score (nSPS) is 10.8. The van der Waals surface area contributed by atoms with Gasteiger partial charge in [0.25, 0.3) is 0 Å². The van der Waals surface area contributed by atoms with Crippen LogP contribution in [0.15, 0.2) is 59.8 Å². The predicted octanol–water partition coefficient (Wildman–Crippen LogP) is 6.47. The molecule has 1 aliphatic carbocycles. The fraction of sp³-hybridized carbons (Fsp3) is 0.211. The van der Waals surface area contributed by atoms with Gasteiger partial charge in [0.15, 0.2) is 0 Å². The summed E-state index contributed by atoms with van der Waals surface area (Å²) in [6, 6.07) is 14.7. The zero-order valence-corrected chi connectivity index (χ0v) is 21.3. The summed E-state index contributed by atoms with van der Waals surface area (Å²) in [6.07, 6.45) is 8.69. The van der Waals surface area contributed by atoms with Crippen LogP contribution in [0.3, 0.4) is 0 Å². The van der Waals surface area contributed by atoms with Crippen molar-refractivity contribution in [3.63, 3.8) is 0 Å². The van der Waals surface area contributed by atoms with Crippen molar-refractivity contribution < 1.29 is 23.3 Å². The molecule has 0 amide bonds. The zero-order chi connectivity index (χ0) is 15.0. The van der Waals surface area contributed by atoms with Gasteiger partial charge in [-0.3, -0.25) is 6.08 Å². The SMILES string of the molecule is C[Si](C)(C)C1=CC[C-]=C1.Cl.Cl.[CH3-].[CH3-].[Si]=[Zr].c1ccc2[cH-]ccc2c1. The van der Waals surface area contributed by atoms with Crippen molar-refractivity contribution in [2.45, 2.75) is 26.1 Å². The van der Waals surface area contributed by atoms with Crippen molar-refractivity contribution in [2.24, 2.45) is 0 Å². The van der Waals surface area contributed by atoms with Crippen LogP contribution in [0.2, 0.25) is 19.6 Å². The van der Waals surface area contributed by atoms with E-state index in [9.17, 15) is 0 Å². The molecule has 0 saturated carbocycles. The van der Waals surface area contributed by atoms with Crippen LogP contribution < -0.4 is 0 Å². The summed E-state index contributed by atoms with van der Waals surface area (Å²) < 4.78 is 0. The van der Waals surface area contributed by atoms with Crippen LogP contribution in [-0.2, 0) is 23.3 Å². The van der Waals surface area contributed by atoms with Crippen LogP contribution in [-0.4, -0.2) is 15.0 Å². The molecule has 0 nitrogen and oxygen atoms in total. The third-order valence-electron chi connectivity index (χ3n) is 3.11. The summed E-state index contributed by atoms with van der Waals surface area (Å²) in [7, 11) is -0.981. The van der Waals surface area contributed by atoms with Crippen LogP contribution in [0.5, 0.6) is 0 Å². The maximum absolute atomic E-state index is 3.20. The quantitative estimate of drug-likeness (QED) is 0.328. The van der Waals surface area contributed by atoms with Crippen molar-refractivity contribution >= 4 is 50.5 Å². The molecule has 0 aliphatic heterocycles. The fourth-order valence-corrected chi connectivity index (χ4v) is 3.24. The van der Waals surface area contributed by atoms with Gasteiger partial charge in [-0.05, 0) is 8.07 Å². The third-order valence-corrected chi connectivity index (χ3v) is 5.19. The second kappa shape index (κ2) is 16.7. The molecule has 0 aromatic heterocycles. The second-order valence-corrected chi connectivity index (χ2v) is 10.7. The number of fused-ring (bicyclic) bond motifs is 1. The van der Waals surface area contributed by atoms with Crippen LogP contribution in [0.1, 0.15) is 6.42 Å². The largest absolute Gasteiger partial charge is 0.168 e. The van der Waals surface area contributed by atoms with Gasteiger partial charge in [-0.15, -0.1) is 60.9 Å². The Bertz CT molecular complexity index is 568. The van der Waals surface area contributed by atoms with Gasteiger partial charge >= 0.3 is 30.2 Å². The molecule has 2 radical (unpaired) electrons. The maximum atomic E-state index is 3.20. The summed E-state index contributed by atoms with van der Waals surface area (Å²) >= 11 is 1.36. The fourth-order valence-electron chi connectivity index (χ4n) is 1.99. The molecule has 0 atom stereocenters. The molecule has 3 rings (SSSR count). The van der Waals surface area contributed by atoms with Crippen LogP contribution in [0.4, 0.5) is 0 Å². The maximum Gasteiger partial charge on any atom is -0.0809 e. The standard InChI is InChI=1S/C9H7.C8H13Si.2CH3.2ClH.Si.Zr/c1-2-5-9-7-3-6-8(9)4-1;1-9(2,3)8-6-4-5-7-8;;;;;;/h1-7H;6-7H,4H2,1-3H3;2*1H3;2*1H;;/q4*-1;;;;. The molecule has 5 heteroatoms. The van der Waals surface area contributed by atoms with Gasteiger partial charge < -0.3 is 14.9 Å². The van der Waals surface area contributed by atoms with E-state index < -0.39 is 8.07 Å². The number of allylic oxidation sites excluding steroid dienone is 4. The van der Waals surface area contributed by atoms with Crippen molar-refractivity contribution in [3.05, 3.63) is 80.7 Å². The number of halogens is 2. The minimum absolute atomic E-state index is 0. The molecule has 24 heavy (non-hydrogen) atoms. The Kier molecular flexibility index (Phi) is 22.2. The van der Waals surface area contributed by atoms with E-state index in [2.05, 4.69) is 87.2 Å². The average Bonchev–Trinajstić information content (AvgIpc) is 3.12. The zero-order valence-electron chi connectivity index (χ0n) is 15.2. The Balaban J connectivity index is -0.000000131. The van der Waals surface area contributed by atoms with Crippen LogP contribution in [0, 0.1) is 20.9 Å². The van der Waals surface area contributed by atoms with E-state index in [4.69, 9.17) is 0 Å². The number of rotatable bonds is 1. The van der Waals surface area contributed by atoms with E-state index in [1.54, 1.807) is 5.20 Å². The Labute approximate surface area is 179 Å². The van der Waals surface area contributed by atoms with Crippen LogP contribution >= 0.6 is 24.8 Å². The van der Waals surface area contributed by atoms with Gasteiger partial charge in [0.05, 0.1) is 0 Å². The molecule has 0 N–H and O–H groups in total. The third kappa shape index (κ3) is 10.9. The Morgan fingerprint density at radius 2 is 1.62 bits per heavy atom. The summed E-state index contributed by atoms with van der Waals surface area (Å²) in [5.74, 6) is 0. The number of benzene rings is 1. The van der Waals surface area contributed by atoms with E-state index >= 15 is 0 Å². The molecule has 0 bridgehead atoms. The molecule has 0 fully saturated rings. The molecule has 2 aromatic carbocycles. The first-order valence-electron chi connectivity index (χ1n) is 6.70. The second-order valence-electron chi connectivity index (χ2n) is 5.62. The number of hydrogen-bond acceptors (Lipinski definition) is 0. The molecule has 0 saturated heterocycles. The Hall–Kier alpha value is 0.207. The summed E-state index contributed by atoms with van der Waals surface area (Å²) in [5, 5.41) is 4.22. The molecule has 0 spiro atoms. The van der Waals surface area contributed by atoms with E-state index in [0.29, 0.717) is 0 Å². The van der Waals surface area contributed by atoms with E-state index in [0.717, 1.165) is 6.42 Å². The average molecular weight is 475 g/mol. The molecule has 1 aliphatic rings. The van der Waals surface area contributed by atoms with E-state index in [1.165, 1.54) is 34.1 Å². The Morgan fingerprint density at radius 1 is 1.04 bits per heavy atom. The number of hydrogen-bond donors (Lipinski definition) is 0. The van der Waals surface area contributed by atoms with Gasteiger partial charge in [0.1, 0.15) is 0 Å². The smallest absolute Gasteiger partial charge is 0.0809 e. The van der Waals surface area contributed by atoms with Crippen LogP contribution in [0.25, 0.3) is 10.8 Å². The summed E-state index contributed by atoms with van der Waals surface area (Å²) in [5.41, 5.74) is 0. The first kappa shape index (κ1) is 31.9. The topological polar surface area (TPSA) is 0 Å². The van der Waals surface area contributed by atoms with Gasteiger partial charge in [-0.2, -0.15) is 23.6 Å². The summed E-state index contributed by atoms with van der Waals surface area (Å²) in [4.78, 5) is 0. The molecule has 2 aromatic rings.